The van der Waals surface area contributed by atoms with Crippen LogP contribution in [-0.2, 0) is 4.79 Å². The molecule has 0 spiro atoms. The van der Waals surface area contributed by atoms with Crippen LogP contribution >= 0.6 is 0 Å². The van der Waals surface area contributed by atoms with Gasteiger partial charge in [0.1, 0.15) is 11.6 Å². The van der Waals surface area contributed by atoms with Crippen LogP contribution in [0.2, 0.25) is 0 Å². The van der Waals surface area contributed by atoms with Crippen molar-refractivity contribution < 1.29 is 18.4 Å². The monoisotopic (exact) mass is 337 g/mol. The molecule has 0 aromatic heterocycles. The highest BCUT2D eigenvalue weighted by Crippen LogP contribution is 2.31. The molecule has 24 heavy (non-hydrogen) atoms. The van der Waals surface area contributed by atoms with Crippen molar-refractivity contribution >= 4 is 11.8 Å². The van der Waals surface area contributed by atoms with E-state index in [1.165, 1.54) is 0 Å². The number of carbonyl (C=O) groups excluding carboxylic acids is 2. The number of nitrogens with zero attached hydrogens (tertiary/aromatic N) is 2. The quantitative estimate of drug-likeness (QED) is 0.903. The van der Waals surface area contributed by atoms with Gasteiger partial charge in [0.15, 0.2) is 0 Å². The van der Waals surface area contributed by atoms with Crippen LogP contribution in [0.1, 0.15) is 23.2 Å². The number of rotatable bonds is 3. The third kappa shape index (κ3) is 3.40. The number of benzene rings is 1. The third-order valence-corrected chi connectivity index (χ3v) is 4.96. The number of fused-ring (bicyclic) bond motifs is 1. The number of hydrogen-bond acceptors (Lipinski definition) is 3. The number of halogens is 2. The van der Waals surface area contributed by atoms with Crippen LogP contribution in [0.4, 0.5) is 8.78 Å². The van der Waals surface area contributed by atoms with Crippen molar-refractivity contribution in [1.82, 2.24) is 15.1 Å². The molecule has 2 unspecified atom stereocenters. The van der Waals surface area contributed by atoms with Gasteiger partial charge in [-0.1, -0.05) is 0 Å². The lowest BCUT2D eigenvalue weighted by Crippen LogP contribution is -2.50. The van der Waals surface area contributed by atoms with Crippen LogP contribution in [0.25, 0.3) is 0 Å². The van der Waals surface area contributed by atoms with Gasteiger partial charge >= 0.3 is 0 Å². The van der Waals surface area contributed by atoms with Gasteiger partial charge in [0, 0.05) is 25.2 Å². The van der Waals surface area contributed by atoms with Gasteiger partial charge in [-0.15, -0.1) is 0 Å². The predicted molar refractivity (Wildman–Crippen MR) is 84.4 cm³/mol. The van der Waals surface area contributed by atoms with E-state index < -0.39 is 17.5 Å². The zero-order valence-corrected chi connectivity index (χ0v) is 13.6. The number of likely N-dealkylation sites (tertiary alicyclic amines) is 2. The first kappa shape index (κ1) is 16.8. The Bertz CT molecular complexity index is 653. The molecule has 2 aliphatic heterocycles. The molecule has 0 radical (unpaired) electrons. The maximum Gasteiger partial charge on any atom is 0.254 e. The fourth-order valence-corrected chi connectivity index (χ4v) is 3.63. The van der Waals surface area contributed by atoms with Gasteiger partial charge in [-0.3, -0.25) is 9.59 Å². The Kier molecular flexibility index (Phi) is 4.80. The highest BCUT2D eigenvalue weighted by molar-refractivity contribution is 5.96. The molecule has 5 nitrogen and oxygen atoms in total. The van der Waals surface area contributed by atoms with Gasteiger partial charge in [0.2, 0.25) is 5.91 Å². The molecule has 1 aromatic rings. The summed E-state index contributed by atoms with van der Waals surface area (Å²) in [6.45, 7) is 2.41. The van der Waals surface area contributed by atoms with Crippen molar-refractivity contribution in [3.63, 3.8) is 0 Å². The second-order valence-electron chi connectivity index (χ2n) is 6.56. The maximum absolute atomic E-state index is 13.6. The Hall–Kier alpha value is -2.02. The first-order valence-corrected chi connectivity index (χ1v) is 8.17. The van der Waals surface area contributed by atoms with Crippen molar-refractivity contribution in [1.29, 1.82) is 0 Å². The lowest BCUT2D eigenvalue weighted by atomic mass is 9.92. The minimum atomic E-state index is -0.935. The van der Waals surface area contributed by atoms with Crippen LogP contribution in [0.3, 0.4) is 0 Å². The topological polar surface area (TPSA) is 52.6 Å². The van der Waals surface area contributed by atoms with E-state index in [0.29, 0.717) is 18.5 Å². The van der Waals surface area contributed by atoms with Crippen LogP contribution in [0.5, 0.6) is 0 Å². The molecular formula is C17H21F2N3O2. The number of carbonyl (C=O) groups is 2. The fourth-order valence-electron chi connectivity index (χ4n) is 3.63. The second-order valence-corrected chi connectivity index (χ2v) is 6.56. The first-order valence-electron chi connectivity index (χ1n) is 8.17. The highest BCUT2D eigenvalue weighted by atomic mass is 19.1. The van der Waals surface area contributed by atoms with Gasteiger partial charge < -0.3 is 15.1 Å². The van der Waals surface area contributed by atoms with Crippen molar-refractivity contribution in [3.8, 4) is 0 Å². The molecule has 2 heterocycles. The molecular weight excluding hydrogens is 316 g/mol. The molecule has 0 saturated carbocycles. The van der Waals surface area contributed by atoms with Crippen LogP contribution in [0.15, 0.2) is 18.2 Å². The van der Waals surface area contributed by atoms with E-state index in [2.05, 4.69) is 10.2 Å². The molecule has 2 aliphatic rings. The van der Waals surface area contributed by atoms with Crippen molar-refractivity contribution in [2.24, 2.45) is 5.92 Å². The van der Waals surface area contributed by atoms with Gasteiger partial charge in [-0.2, -0.15) is 0 Å². The zero-order chi connectivity index (χ0) is 17.3. The minimum Gasteiger partial charge on any atom is -0.343 e. The van der Waals surface area contributed by atoms with Gasteiger partial charge in [0.05, 0.1) is 12.1 Å². The molecule has 2 saturated heterocycles. The fraction of sp³-hybridized carbons (Fsp3) is 0.529. The zero-order valence-electron chi connectivity index (χ0n) is 13.6. The minimum absolute atomic E-state index is 0.159. The summed E-state index contributed by atoms with van der Waals surface area (Å²) >= 11 is 0. The second kappa shape index (κ2) is 6.84. The number of nitrogens with one attached hydrogen (secondary N) is 1. The molecule has 2 fully saturated rings. The summed E-state index contributed by atoms with van der Waals surface area (Å²) in [7, 11) is 2.04. The number of amides is 2. The van der Waals surface area contributed by atoms with Crippen molar-refractivity contribution in [2.45, 2.75) is 18.9 Å². The predicted octanol–water partition coefficient (Wildman–Crippen LogP) is 1.25. The Morgan fingerprint density at radius 2 is 2.00 bits per heavy atom. The average molecular weight is 337 g/mol. The lowest BCUT2D eigenvalue weighted by Gasteiger charge is -2.36. The Labute approximate surface area is 139 Å². The first-order chi connectivity index (χ1) is 11.5. The largest absolute Gasteiger partial charge is 0.343 e. The number of likely N-dealkylation sites (N-methyl/N-ethyl adjacent to an activating group) is 1. The van der Waals surface area contributed by atoms with Crippen molar-refractivity contribution in [3.05, 3.63) is 35.4 Å². The summed E-state index contributed by atoms with van der Waals surface area (Å²) in [5.41, 5.74) is -0.263. The molecule has 2 atom stereocenters. The Morgan fingerprint density at radius 1 is 1.25 bits per heavy atom. The van der Waals surface area contributed by atoms with E-state index in [9.17, 15) is 18.4 Å². The summed E-state index contributed by atoms with van der Waals surface area (Å²) < 4.78 is 26.5. The Morgan fingerprint density at radius 3 is 2.75 bits per heavy atom. The smallest absolute Gasteiger partial charge is 0.254 e. The van der Waals surface area contributed by atoms with Crippen LogP contribution < -0.4 is 5.32 Å². The maximum atomic E-state index is 13.6. The molecule has 0 aliphatic carbocycles. The Balaban J connectivity index is 1.58. The lowest BCUT2D eigenvalue weighted by molar-refractivity contribution is -0.132. The average Bonchev–Trinajstić information content (AvgIpc) is 2.95. The number of hydrogen-bond donors (Lipinski definition) is 1. The molecule has 2 amide bonds. The SMILES string of the molecule is CN1CCC2CCN(C(=O)CNC(=O)c3ccc(F)cc3F)C2C1. The van der Waals surface area contributed by atoms with Gasteiger partial charge in [0.25, 0.3) is 5.91 Å². The molecule has 1 aromatic carbocycles. The standard InChI is InChI=1S/C17H21F2N3O2/c1-21-6-4-11-5-7-22(15(11)10-21)16(23)9-20-17(24)13-3-2-12(18)8-14(13)19/h2-3,8,11,15H,4-7,9-10H2,1H3,(H,20,24). The molecule has 130 valence electrons. The summed E-state index contributed by atoms with van der Waals surface area (Å²) in [5.74, 6) is -2.03. The van der Waals surface area contributed by atoms with Crippen molar-refractivity contribution in [2.75, 3.05) is 33.2 Å². The van der Waals surface area contributed by atoms with Crippen LogP contribution in [0, 0.1) is 17.6 Å². The van der Waals surface area contributed by atoms with Gasteiger partial charge in [-0.05, 0) is 44.5 Å². The van der Waals surface area contributed by atoms with E-state index in [-0.39, 0.29) is 24.1 Å². The van der Waals surface area contributed by atoms with Gasteiger partial charge in [-0.25, -0.2) is 8.78 Å². The van der Waals surface area contributed by atoms with E-state index in [1.807, 2.05) is 11.9 Å². The number of piperidine rings is 1. The summed E-state index contributed by atoms with van der Waals surface area (Å²) in [4.78, 5) is 28.4. The van der Waals surface area contributed by atoms with E-state index in [4.69, 9.17) is 0 Å². The molecule has 0 bridgehead atoms. The molecule has 7 heteroatoms. The molecule has 3 rings (SSSR count). The van der Waals surface area contributed by atoms with E-state index in [1.54, 1.807) is 0 Å². The molecule has 1 N–H and O–H groups in total. The highest BCUT2D eigenvalue weighted by Gasteiger charge is 2.39. The van der Waals surface area contributed by atoms with Crippen LogP contribution in [-0.4, -0.2) is 60.9 Å². The summed E-state index contributed by atoms with van der Waals surface area (Å²) in [5, 5.41) is 2.44. The summed E-state index contributed by atoms with van der Waals surface area (Å²) in [6, 6.07) is 2.94. The summed E-state index contributed by atoms with van der Waals surface area (Å²) in [6.07, 6.45) is 2.07. The van der Waals surface area contributed by atoms with E-state index >= 15 is 0 Å². The van der Waals surface area contributed by atoms with E-state index in [0.717, 1.165) is 38.1 Å². The third-order valence-electron chi connectivity index (χ3n) is 4.96. The normalized spacial score (nSPS) is 23.9.